The molecule has 5 heteroatoms. The van der Waals surface area contributed by atoms with E-state index in [4.69, 9.17) is 23.2 Å². The zero-order valence-corrected chi connectivity index (χ0v) is 34.9. The second-order valence-electron chi connectivity index (χ2n) is 14.5. The first-order valence-corrected chi connectivity index (χ1v) is 21.3. The summed E-state index contributed by atoms with van der Waals surface area (Å²) in [6.45, 7) is 18.7. The standard InChI is InChI=1S/C17H17.C13H8Cl2.C13H21.2ClH.Zr/c1-10-5-14-9-15-6-11(2)13(4)8-17(15)16(14)7-12(10)3;14-12-5-1-3-10(8-12)7-11-4-2-6-13(15)9-11;1-5-6-7-11-8-9-12(10-11)13(2,3)4;;;/h5,7-8H,9H2,1-4H3;1-6,8-9H;9-11H,5-7H2,1-4H3;2*1H;/q;;;;;+2/p-2. The predicted octanol–water partition coefficient (Wildman–Crippen LogP) is 6.00. The molecular formula is C43H46Cl4Zr. The van der Waals surface area contributed by atoms with Gasteiger partial charge in [-0.25, -0.2) is 0 Å². The molecule has 0 fully saturated rings. The number of rotatable bonds is 7. The molecule has 0 saturated heterocycles. The maximum absolute atomic E-state index is 6.80. The van der Waals surface area contributed by atoms with Gasteiger partial charge >= 0.3 is 297 Å². The Balaban J connectivity index is 0.00000260. The van der Waals surface area contributed by atoms with Crippen LogP contribution in [-0.2, 0) is 27.7 Å². The number of halogens is 4. The van der Waals surface area contributed by atoms with Crippen LogP contribution >= 0.6 is 23.2 Å². The Kier molecular flexibility index (Phi) is 12.7. The molecule has 1 unspecified atom stereocenters. The first-order chi connectivity index (χ1) is 21.9. The van der Waals surface area contributed by atoms with E-state index in [2.05, 4.69) is 122 Å². The molecule has 6 rings (SSSR count). The third-order valence-electron chi connectivity index (χ3n) is 10.2. The monoisotopic (exact) mass is 792 g/mol. The van der Waals surface area contributed by atoms with Gasteiger partial charge in [0.15, 0.2) is 0 Å². The number of allylic oxidation sites excluding steroid dienone is 4. The molecule has 4 aromatic rings. The maximum Gasteiger partial charge on any atom is -1.00 e. The van der Waals surface area contributed by atoms with Crippen molar-refractivity contribution >= 4 is 29.7 Å². The molecule has 0 aliphatic heterocycles. The summed E-state index contributed by atoms with van der Waals surface area (Å²) in [4.78, 5) is 0. The number of hydrogen-bond acceptors (Lipinski definition) is 0. The molecule has 2 aliphatic rings. The number of hydrogen-bond donors (Lipinski definition) is 0. The molecule has 0 aromatic heterocycles. The van der Waals surface area contributed by atoms with Crippen molar-refractivity contribution in [1.29, 1.82) is 0 Å². The average Bonchev–Trinajstić information content (AvgIpc) is 3.57. The summed E-state index contributed by atoms with van der Waals surface area (Å²) in [5.74, 6) is 0.445. The molecule has 0 nitrogen and oxygen atoms in total. The van der Waals surface area contributed by atoms with E-state index in [1.54, 1.807) is 12.1 Å². The summed E-state index contributed by atoms with van der Waals surface area (Å²) in [5, 5.41) is 1.56. The second kappa shape index (κ2) is 15.7. The fourth-order valence-electron chi connectivity index (χ4n) is 7.37. The van der Waals surface area contributed by atoms with Crippen molar-refractivity contribution in [2.45, 2.75) is 81.1 Å². The Labute approximate surface area is 319 Å². The summed E-state index contributed by atoms with van der Waals surface area (Å²) in [6, 6.07) is 24.5. The zero-order chi connectivity index (χ0) is 32.9. The van der Waals surface area contributed by atoms with Gasteiger partial charge in [-0.1, -0.05) is 0 Å². The topological polar surface area (TPSA) is 0 Å². The first kappa shape index (κ1) is 39.1. The van der Waals surface area contributed by atoms with Crippen LogP contribution in [0.5, 0.6) is 0 Å². The van der Waals surface area contributed by atoms with Crippen molar-refractivity contribution < 1.29 is 46.1 Å². The van der Waals surface area contributed by atoms with Crippen LogP contribution in [0.1, 0.15) is 91.5 Å². The van der Waals surface area contributed by atoms with Gasteiger partial charge in [0.2, 0.25) is 0 Å². The van der Waals surface area contributed by atoms with Crippen LogP contribution in [0, 0.1) is 39.0 Å². The van der Waals surface area contributed by atoms with Crippen LogP contribution in [0.3, 0.4) is 0 Å². The first-order valence-electron chi connectivity index (χ1n) is 16.8. The average molecular weight is 796 g/mol. The van der Waals surface area contributed by atoms with Crippen molar-refractivity contribution in [2.24, 2.45) is 11.3 Å². The molecule has 0 bridgehead atoms. The fraction of sp³-hybridized carbons (Fsp3) is 0.326. The molecule has 0 spiro atoms. The molecule has 48 heavy (non-hydrogen) atoms. The largest absolute Gasteiger partial charge is 1.00 e. The predicted molar refractivity (Wildman–Crippen MR) is 198 cm³/mol. The van der Waals surface area contributed by atoms with Crippen molar-refractivity contribution in [3.8, 4) is 11.1 Å². The molecular weight excluding hydrogens is 750 g/mol. The maximum atomic E-state index is 6.80. The van der Waals surface area contributed by atoms with E-state index in [1.165, 1.54) is 78.1 Å². The summed E-state index contributed by atoms with van der Waals surface area (Å²) >= 11 is 10.6. The van der Waals surface area contributed by atoms with E-state index < -0.39 is 21.3 Å². The van der Waals surface area contributed by atoms with Crippen LogP contribution in [0.25, 0.3) is 11.1 Å². The Bertz CT molecular complexity index is 1910. The quantitative estimate of drug-likeness (QED) is 0.190. The van der Waals surface area contributed by atoms with Gasteiger partial charge in [0, 0.05) is 0 Å². The molecule has 0 radical (unpaired) electrons. The number of fused-ring (bicyclic) bond motifs is 3. The Hall–Kier alpha value is -1.73. The van der Waals surface area contributed by atoms with Crippen LogP contribution in [0.4, 0.5) is 0 Å². The van der Waals surface area contributed by atoms with Crippen molar-refractivity contribution in [2.75, 3.05) is 0 Å². The third-order valence-corrected chi connectivity index (χ3v) is 18.9. The van der Waals surface area contributed by atoms with Gasteiger partial charge in [-0.2, -0.15) is 0 Å². The van der Waals surface area contributed by atoms with E-state index in [-0.39, 0.29) is 30.2 Å². The second-order valence-corrected chi connectivity index (χ2v) is 21.1. The zero-order valence-electron chi connectivity index (χ0n) is 29.4. The van der Waals surface area contributed by atoms with Gasteiger partial charge in [0.25, 0.3) is 0 Å². The Morgan fingerprint density at radius 2 is 1.38 bits per heavy atom. The minimum atomic E-state index is -3.02. The fourth-order valence-corrected chi connectivity index (χ4v) is 16.9. The van der Waals surface area contributed by atoms with Gasteiger partial charge in [-0.3, -0.25) is 0 Å². The van der Waals surface area contributed by atoms with Crippen molar-refractivity contribution in [1.82, 2.24) is 0 Å². The minimum absolute atomic E-state index is 0. The van der Waals surface area contributed by atoms with Crippen molar-refractivity contribution in [3.05, 3.63) is 142 Å². The van der Waals surface area contributed by atoms with E-state index in [9.17, 15) is 0 Å². The van der Waals surface area contributed by atoms with Crippen LogP contribution in [0.2, 0.25) is 10.0 Å². The molecule has 1 atom stereocenters. The molecule has 2 aliphatic carbocycles. The molecule has 250 valence electrons. The van der Waals surface area contributed by atoms with E-state index in [1.807, 2.05) is 12.1 Å². The Morgan fingerprint density at radius 3 is 1.94 bits per heavy atom. The molecule has 0 saturated carbocycles. The normalized spacial score (nSPS) is 14.6. The molecule has 0 amide bonds. The summed E-state index contributed by atoms with van der Waals surface area (Å²) < 4.78 is 4.81. The molecule has 0 N–H and O–H groups in total. The Morgan fingerprint density at radius 1 is 0.792 bits per heavy atom. The summed E-state index contributed by atoms with van der Waals surface area (Å²) in [5.41, 5.74) is 15.5. The molecule has 0 heterocycles. The third kappa shape index (κ3) is 7.62. The SMILES string of the molecule is CCCCC1C=C(C(C)(C)C)C=[C]1[Zr+2](=[C](c1cccc(Cl)c1)c1cccc(Cl)c1)[c]1c(C)c(C)cc2c1Cc1cc(C)c(C)cc1-2.[Cl-].[Cl-]. The van der Waals surface area contributed by atoms with Crippen LogP contribution in [0.15, 0.2) is 87.7 Å². The summed E-state index contributed by atoms with van der Waals surface area (Å²) in [7, 11) is 0. The number of unbranched alkanes of at least 4 members (excludes halogenated alkanes) is 1. The van der Waals surface area contributed by atoms with Gasteiger partial charge in [-0.05, 0) is 0 Å². The van der Waals surface area contributed by atoms with Gasteiger partial charge < -0.3 is 24.8 Å². The van der Waals surface area contributed by atoms with Gasteiger partial charge in [0.1, 0.15) is 0 Å². The smallest absolute Gasteiger partial charge is 1.00 e. The van der Waals surface area contributed by atoms with Crippen LogP contribution in [-0.4, -0.2) is 3.21 Å². The molecule has 4 aromatic carbocycles. The van der Waals surface area contributed by atoms with E-state index in [0.29, 0.717) is 5.92 Å². The van der Waals surface area contributed by atoms with Gasteiger partial charge in [-0.15, -0.1) is 0 Å². The van der Waals surface area contributed by atoms with Crippen LogP contribution < -0.4 is 28.1 Å². The van der Waals surface area contributed by atoms with Gasteiger partial charge in [0.05, 0.1) is 0 Å². The number of benzene rings is 4. The van der Waals surface area contributed by atoms with E-state index >= 15 is 0 Å². The number of aryl methyl sites for hydroxylation is 3. The van der Waals surface area contributed by atoms with E-state index in [0.717, 1.165) is 16.5 Å². The van der Waals surface area contributed by atoms with Crippen molar-refractivity contribution in [3.63, 3.8) is 0 Å². The minimum Gasteiger partial charge on any atom is -1.00 e. The summed E-state index contributed by atoms with van der Waals surface area (Å²) in [6.07, 6.45) is 9.89.